The summed E-state index contributed by atoms with van der Waals surface area (Å²) in [6, 6.07) is 0.337. The zero-order chi connectivity index (χ0) is 11.4. The number of hydrogen-bond acceptors (Lipinski definition) is 3. The molecule has 3 nitrogen and oxygen atoms in total. The molecule has 0 aliphatic carbocycles. The van der Waals surface area contributed by atoms with E-state index in [2.05, 4.69) is 0 Å². The van der Waals surface area contributed by atoms with Gasteiger partial charge in [0.2, 0.25) is 5.91 Å². The zero-order valence-corrected chi connectivity index (χ0v) is 11.9. The molecule has 96 valence electrons. The van der Waals surface area contributed by atoms with E-state index in [1.807, 2.05) is 25.0 Å². The molecule has 0 aromatic rings. The molecule has 0 radical (unpaired) electrons. The lowest BCUT2D eigenvalue weighted by atomic mass is 9.96. The highest BCUT2D eigenvalue weighted by atomic mass is 35.5. The SMILES string of the molecule is CSC(C)C(=O)N1CCCCC1C(C)N.Cl. The van der Waals surface area contributed by atoms with Crippen LogP contribution in [0.5, 0.6) is 0 Å². The predicted octanol–water partition coefficient (Wildman–Crippen LogP) is 1.89. The highest BCUT2D eigenvalue weighted by molar-refractivity contribution is 7.99. The van der Waals surface area contributed by atoms with Crippen LogP contribution in [0.25, 0.3) is 0 Å². The second-order valence-electron chi connectivity index (χ2n) is 4.33. The molecule has 1 aliphatic heterocycles. The largest absolute Gasteiger partial charge is 0.337 e. The van der Waals surface area contributed by atoms with Gasteiger partial charge in [0, 0.05) is 18.6 Å². The van der Waals surface area contributed by atoms with Crippen molar-refractivity contribution in [2.24, 2.45) is 5.73 Å². The minimum atomic E-state index is 0. The highest BCUT2D eigenvalue weighted by Gasteiger charge is 2.31. The molecule has 3 atom stereocenters. The van der Waals surface area contributed by atoms with Crippen LogP contribution in [0.4, 0.5) is 0 Å². The third kappa shape index (κ3) is 3.82. The molecule has 2 N–H and O–H groups in total. The van der Waals surface area contributed by atoms with Gasteiger partial charge in [-0.15, -0.1) is 12.4 Å². The van der Waals surface area contributed by atoms with E-state index in [0.717, 1.165) is 19.4 Å². The molecule has 16 heavy (non-hydrogen) atoms. The fourth-order valence-electron chi connectivity index (χ4n) is 2.11. The Balaban J connectivity index is 0.00000225. The van der Waals surface area contributed by atoms with E-state index in [1.54, 1.807) is 11.8 Å². The lowest BCUT2D eigenvalue weighted by Crippen LogP contribution is -2.53. The number of carbonyl (C=O) groups is 1. The first kappa shape index (κ1) is 16.1. The standard InChI is InChI=1S/C11H22N2OS.ClH/c1-8(12)10-6-4-5-7-13(10)11(14)9(2)15-3;/h8-10H,4-7,12H2,1-3H3;1H. The van der Waals surface area contributed by atoms with Gasteiger partial charge in [-0.1, -0.05) is 0 Å². The van der Waals surface area contributed by atoms with Gasteiger partial charge in [0.25, 0.3) is 0 Å². The Kier molecular flexibility index (Phi) is 7.44. The van der Waals surface area contributed by atoms with Gasteiger partial charge in [0.05, 0.1) is 5.25 Å². The molecule has 0 saturated carbocycles. The Hall–Kier alpha value is 0.0700. The average molecular weight is 267 g/mol. The van der Waals surface area contributed by atoms with E-state index >= 15 is 0 Å². The number of thioether (sulfide) groups is 1. The monoisotopic (exact) mass is 266 g/mol. The molecule has 1 rings (SSSR count). The second-order valence-corrected chi connectivity index (χ2v) is 5.51. The van der Waals surface area contributed by atoms with Crippen molar-refractivity contribution in [3.63, 3.8) is 0 Å². The van der Waals surface area contributed by atoms with Gasteiger partial charge in [0.1, 0.15) is 0 Å². The molecular weight excluding hydrogens is 244 g/mol. The molecule has 5 heteroatoms. The molecule has 0 spiro atoms. The number of halogens is 1. The van der Waals surface area contributed by atoms with Gasteiger partial charge in [-0.3, -0.25) is 4.79 Å². The van der Waals surface area contributed by atoms with E-state index < -0.39 is 0 Å². The highest BCUT2D eigenvalue weighted by Crippen LogP contribution is 2.22. The molecule has 1 amide bonds. The van der Waals surface area contributed by atoms with Crippen molar-refractivity contribution in [1.29, 1.82) is 0 Å². The number of likely N-dealkylation sites (tertiary alicyclic amines) is 1. The van der Waals surface area contributed by atoms with Crippen LogP contribution in [0.3, 0.4) is 0 Å². The second kappa shape index (κ2) is 7.41. The molecule has 0 aromatic carbocycles. The normalized spacial score (nSPS) is 24.5. The third-order valence-corrected chi connectivity index (χ3v) is 4.05. The number of nitrogens with two attached hydrogens (primary N) is 1. The van der Waals surface area contributed by atoms with E-state index in [4.69, 9.17) is 5.73 Å². The maximum absolute atomic E-state index is 12.1. The Bertz CT molecular complexity index is 226. The van der Waals surface area contributed by atoms with Crippen LogP contribution < -0.4 is 5.73 Å². The summed E-state index contributed by atoms with van der Waals surface area (Å²) in [4.78, 5) is 14.1. The van der Waals surface area contributed by atoms with Gasteiger partial charge < -0.3 is 10.6 Å². The molecular formula is C11H23ClN2OS. The summed E-state index contributed by atoms with van der Waals surface area (Å²) in [6.45, 7) is 4.86. The van der Waals surface area contributed by atoms with Crippen molar-refractivity contribution in [2.75, 3.05) is 12.8 Å². The third-order valence-electron chi connectivity index (χ3n) is 3.14. The summed E-state index contributed by atoms with van der Waals surface area (Å²) < 4.78 is 0. The van der Waals surface area contributed by atoms with Gasteiger partial charge in [-0.05, 0) is 39.4 Å². The average Bonchev–Trinajstić information content (AvgIpc) is 2.27. The van der Waals surface area contributed by atoms with Crippen molar-refractivity contribution in [2.45, 2.75) is 50.4 Å². The first-order valence-electron chi connectivity index (χ1n) is 5.66. The predicted molar refractivity (Wildman–Crippen MR) is 73.2 cm³/mol. The summed E-state index contributed by atoms with van der Waals surface area (Å²) >= 11 is 1.61. The quantitative estimate of drug-likeness (QED) is 0.849. The van der Waals surface area contributed by atoms with E-state index in [0.29, 0.717) is 0 Å². The number of piperidine rings is 1. The maximum Gasteiger partial charge on any atom is 0.235 e. The minimum Gasteiger partial charge on any atom is -0.337 e. The summed E-state index contributed by atoms with van der Waals surface area (Å²) in [7, 11) is 0. The van der Waals surface area contributed by atoms with Crippen LogP contribution in [-0.4, -0.2) is 40.9 Å². The lowest BCUT2D eigenvalue weighted by molar-refractivity contribution is -0.134. The van der Waals surface area contributed by atoms with Crippen LogP contribution in [0, 0.1) is 0 Å². The van der Waals surface area contributed by atoms with E-state index in [1.165, 1.54) is 6.42 Å². The maximum atomic E-state index is 12.1. The number of hydrogen-bond donors (Lipinski definition) is 1. The Morgan fingerprint density at radius 3 is 2.56 bits per heavy atom. The Morgan fingerprint density at radius 1 is 1.44 bits per heavy atom. The molecule has 1 fully saturated rings. The van der Waals surface area contributed by atoms with Crippen molar-refractivity contribution in [1.82, 2.24) is 4.90 Å². The van der Waals surface area contributed by atoms with Crippen LogP contribution in [0.2, 0.25) is 0 Å². The van der Waals surface area contributed by atoms with E-state index in [-0.39, 0.29) is 35.6 Å². The number of rotatable bonds is 3. The van der Waals surface area contributed by atoms with Gasteiger partial charge >= 0.3 is 0 Å². The van der Waals surface area contributed by atoms with E-state index in [9.17, 15) is 4.79 Å². The first-order valence-corrected chi connectivity index (χ1v) is 6.95. The molecule has 1 aliphatic rings. The smallest absolute Gasteiger partial charge is 0.235 e. The Morgan fingerprint density at radius 2 is 2.06 bits per heavy atom. The number of amides is 1. The fourth-order valence-corrected chi connectivity index (χ4v) is 2.45. The van der Waals surface area contributed by atoms with Gasteiger partial charge in [-0.25, -0.2) is 0 Å². The Labute approximate surface area is 109 Å². The minimum absolute atomic E-state index is 0. The van der Waals surface area contributed by atoms with Crippen molar-refractivity contribution < 1.29 is 4.79 Å². The summed E-state index contributed by atoms with van der Waals surface area (Å²) in [6.07, 6.45) is 5.36. The van der Waals surface area contributed by atoms with Crippen molar-refractivity contribution in [3.8, 4) is 0 Å². The summed E-state index contributed by atoms with van der Waals surface area (Å²) in [5.74, 6) is 0.254. The lowest BCUT2D eigenvalue weighted by Gasteiger charge is -2.39. The van der Waals surface area contributed by atoms with Crippen LogP contribution in [0.15, 0.2) is 0 Å². The van der Waals surface area contributed by atoms with Crippen molar-refractivity contribution >= 4 is 30.1 Å². The molecule has 0 aromatic heterocycles. The van der Waals surface area contributed by atoms with Crippen molar-refractivity contribution in [3.05, 3.63) is 0 Å². The fraction of sp³-hybridized carbons (Fsp3) is 0.909. The van der Waals surface area contributed by atoms with Crippen LogP contribution >= 0.6 is 24.2 Å². The molecule has 1 heterocycles. The summed E-state index contributed by atoms with van der Waals surface area (Å²) in [5.41, 5.74) is 5.94. The van der Waals surface area contributed by atoms with Gasteiger partial charge in [-0.2, -0.15) is 11.8 Å². The number of nitrogens with zero attached hydrogens (tertiary/aromatic N) is 1. The topological polar surface area (TPSA) is 46.3 Å². The molecule has 0 bridgehead atoms. The zero-order valence-electron chi connectivity index (χ0n) is 10.3. The molecule has 1 saturated heterocycles. The van der Waals surface area contributed by atoms with Crippen LogP contribution in [0.1, 0.15) is 33.1 Å². The molecule has 3 unspecified atom stereocenters. The number of carbonyl (C=O) groups excluding carboxylic acids is 1. The summed E-state index contributed by atoms with van der Waals surface area (Å²) in [5, 5.41) is 0.0596. The van der Waals surface area contributed by atoms with Crippen LogP contribution in [-0.2, 0) is 4.79 Å². The first-order chi connectivity index (χ1) is 7.07. The van der Waals surface area contributed by atoms with Gasteiger partial charge in [0.15, 0.2) is 0 Å².